The number of hydrogen-bond donors (Lipinski definition) is 2. The number of nitrogens with two attached hydrogens (primary N) is 1. The van der Waals surface area contributed by atoms with Crippen molar-refractivity contribution in [2.45, 2.75) is 25.9 Å². The quantitative estimate of drug-likeness (QED) is 0.545. The lowest BCUT2D eigenvalue weighted by Gasteiger charge is -2.07. The van der Waals surface area contributed by atoms with E-state index in [1.165, 1.54) is 16.6 Å². The molecule has 0 atom stereocenters. The number of carbonyl (C=O) groups is 1. The number of nitrogens with one attached hydrogen (secondary N) is 1. The molecule has 1 amide bonds. The van der Waals surface area contributed by atoms with Crippen molar-refractivity contribution in [3.8, 4) is 0 Å². The van der Waals surface area contributed by atoms with Gasteiger partial charge in [0, 0.05) is 10.6 Å². The van der Waals surface area contributed by atoms with Crippen molar-refractivity contribution in [2.24, 2.45) is 0 Å². The molecule has 3 N–H and O–H groups in total. The Labute approximate surface area is 148 Å². The Morgan fingerprint density at radius 1 is 1.25 bits per heavy atom. The van der Waals surface area contributed by atoms with E-state index in [1.807, 2.05) is 45.0 Å². The van der Waals surface area contributed by atoms with Crippen molar-refractivity contribution in [3.05, 3.63) is 40.3 Å². The van der Waals surface area contributed by atoms with Crippen LogP contribution in [0.4, 0.5) is 11.5 Å². The monoisotopic (exact) mass is 358 g/mol. The summed E-state index contributed by atoms with van der Waals surface area (Å²) in [4.78, 5) is 23.0. The van der Waals surface area contributed by atoms with Gasteiger partial charge in [0.05, 0.1) is 11.1 Å². The maximum atomic E-state index is 12.1. The Bertz CT molecular complexity index is 920. The molecule has 2 heterocycles. The highest BCUT2D eigenvalue weighted by Gasteiger charge is 2.14. The minimum atomic E-state index is -0.0879. The Balaban J connectivity index is 1.71. The molecule has 2 aromatic heterocycles. The molecule has 24 heavy (non-hydrogen) atoms. The summed E-state index contributed by atoms with van der Waals surface area (Å²) in [5.74, 6) is 0.626. The molecule has 0 unspecified atom stereocenters. The number of aromatic nitrogens is 2. The summed E-state index contributed by atoms with van der Waals surface area (Å²) in [6, 6.07) is 7.68. The third kappa shape index (κ3) is 3.37. The maximum Gasteiger partial charge on any atom is 0.234 e. The number of carbonyl (C=O) groups excluding carboxylic acids is 1. The molecule has 0 aliphatic rings. The number of nitrogen functional groups attached to an aromatic ring is 1. The van der Waals surface area contributed by atoms with Gasteiger partial charge in [-0.05, 0) is 38.0 Å². The Morgan fingerprint density at radius 3 is 2.75 bits per heavy atom. The van der Waals surface area contributed by atoms with Gasteiger partial charge in [-0.15, -0.1) is 11.3 Å². The number of para-hydroxylation sites is 1. The summed E-state index contributed by atoms with van der Waals surface area (Å²) in [7, 11) is 0. The van der Waals surface area contributed by atoms with E-state index in [0.717, 1.165) is 27.0 Å². The van der Waals surface area contributed by atoms with Crippen LogP contribution in [0.3, 0.4) is 0 Å². The fourth-order valence-corrected chi connectivity index (χ4v) is 4.10. The van der Waals surface area contributed by atoms with Crippen LogP contribution in [0.1, 0.15) is 16.0 Å². The lowest BCUT2D eigenvalue weighted by atomic mass is 10.2. The highest BCUT2D eigenvalue weighted by Crippen LogP contribution is 2.33. The van der Waals surface area contributed by atoms with E-state index in [0.29, 0.717) is 11.0 Å². The number of rotatable bonds is 4. The van der Waals surface area contributed by atoms with E-state index >= 15 is 0 Å². The number of nitrogens with zero attached hydrogens (tertiary/aromatic N) is 2. The van der Waals surface area contributed by atoms with E-state index in [1.54, 1.807) is 11.3 Å². The summed E-state index contributed by atoms with van der Waals surface area (Å²) in [5, 5.41) is 4.35. The fraction of sp³-hybridized carbons (Fsp3) is 0.235. The van der Waals surface area contributed by atoms with Crippen molar-refractivity contribution in [1.29, 1.82) is 0 Å². The summed E-state index contributed by atoms with van der Waals surface area (Å²) in [6.45, 7) is 6.03. The third-order valence-electron chi connectivity index (χ3n) is 3.79. The molecule has 0 fully saturated rings. The van der Waals surface area contributed by atoms with Gasteiger partial charge in [0.1, 0.15) is 10.6 Å². The van der Waals surface area contributed by atoms with Crippen LogP contribution in [0.25, 0.3) is 10.2 Å². The van der Waals surface area contributed by atoms with Gasteiger partial charge in [0.2, 0.25) is 5.91 Å². The highest BCUT2D eigenvalue weighted by molar-refractivity contribution is 7.99. The molecule has 0 saturated heterocycles. The Hall–Kier alpha value is -2.12. The van der Waals surface area contributed by atoms with Crippen LogP contribution in [0.5, 0.6) is 0 Å². The maximum absolute atomic E-state index is 12.1. The first-order chi connectivity index (χ1) is 11.5. The van der Waals surface area contributed by atoms with Crippen LogP contribution < -0.4 is 11.1 Å². The van der Waals surface area contributed by atoms with E-state index < -0.39 is 0 Å². The van der Waals surface area contributed by atoms with Gasteiger partial charge in [0.15, 0.2) is 5.16 Å². The minimum Gasteiger partial charge on any atom is -0.383 e. The summed E-state index contributed by atoms with van der Waals surface area (Å²) in [6.07, 6.45) is 0. The SMILES string of the molecule is Cc1ccccc1NC(=O)CSc1nc(N)c2c(C)c(C)sc2n1. The molecule has 0 bridgehead atoms. The third-order valence-corrected chi connectivity index (χ3v) is 5.74. The highest BCUT2D eigenvalue weighted by atomic mass is 32.2. The molecule has 1 aromatic carbocycles. The molecule has 0 spiro atoms. The molecule has 0 radical (unpaired) electrons. The van der Waals surface area contributed by atoms with E-state index in [9.17, 15) is 4.79 Å². The van der Waals surface area contributed by atoms with Crippen LogP contribution in [0.15, 0.2) is 29.4 Å². The standard InChI is InChI=1S/C17H18N4OS2/c1-9-6-4-5-7-12(9)19-13(22)8-23-17-20-15(18)14-10(2)11(3)24-16(14)21-17/h4-7H,8H2,1-3H3,(H,19,22)(H2,18,20,21). The average molecular weight is 358 g/mol. The summed E-state index contributed by atoms with van der Waals surface area (Å²) >= 11 is 2.89. The van der Waals surface area contributed by atoms with Crippen molar-refractivity contribution in [2.75, 3.05) is 16.8 Å². The van der Waals surface area contributed by atoms with Crippen LogP contribution in [-0.2, 0) is 4.79 Å². The van der Waals surface area contributed by atoms with Crippen LogP contribution >= 0.6 is 23.1 Å². The summed E-state index contributed by atoms with van der Waals surface area (Å²) < 4.78 is 0. The van der Waals surface area contributed by atoms with Crippen molar-refractivity contribution < 1.29 is 4.79 Å². The number of hydrogen-bond acceptors (Lipinski definition) is 6. The number of thioether (sulfide) groups is 1. The van der Waals surface area contributed by atoms with Gasteiger partial charge in [-0.3, -0.25) is 4.79 Å². The lowest BCUT2D eigenvalue weighted by Crippen LogP contribution is -2.15. The number of anilines is 2. The zero-order valence-electron chi connectivity index (χ0n) is 13.7. The predicted octanol–water partition coefficient (Wildman–Crippen LogP) is 3.93. The van der Waals surface area contributed by atoms with Gasteiger partial charge in [-0.25, -0.2) is 9.97 Å². The molecule has 0 aliphatic heterocycles. The largest absolute Gasteiger partial charge is 0.383 e. The number of aryl methyl sites for hydroxylation is 3. The van der Waals surface area contributed by atoms with E-state index in [-0.39, 0.29) is 11.7 Å². The fourth-order valence-electron chi connectivity index (χ4n) is 2.35. The zero-order chi connectivity index (χ0) is 17.3. The number of amides is 1. The molecule has 5 nitrogen and oxygen atoms in total. The van der Waals surface area contributed by atoms with Gasteiger partial charge in [0.25, 0.3) is 0 Å². The van der Waals surface area contributed by atoms with Gasteiger partial charge < -0.3 is 11.1 Å². The minimum absolute atomic E-state index is 0.0879. The smallest absolute Gasteiger partial charge is 0.234 e. The lowest BCUT2D eigenvalue weighted by molar-refractivity contribution is -0.113. The molecular weight excluding hydrogens is 340 g/mol. The van der Waals surface area contributed by atoms with Crippen LogP contribution in [0.2, 0.25) is 0 Å². The predicted molar refractivity (Wildman–Crippen MR) is 102 cm³/mol. The molecule has 3 aromatic rings. The Kier molecular flexibility index (Phi) is 4.73. The second-order valence-electron chi connectivity index (χ2n) is 5.51. The number of fused-ring (bicyclic) bond motifs is 1. The molecule has 7 heteroatoms. The molecular formula is C17H18N4OS2. The number of benzene rings is 1. The van der Waals surface area contributed by atoms with Gasteiger partial charge >= 0.3 is 0 Å². The molecule has 124 valence electrons. The molecule has 0 saturated carbocycles. The first kappa shape index (κ1) is 16.7. The normalized spacial score (nSPS) is 11.0. The molecule has 0 aliphatic carbocycles. The van der Waals surface area contributed by atoms with Crippen molar-refractivity contribution in [3.63, 3.8) is 0 Å². The van der Waals surface area contributed by atoms with E-state index in [2.05, 4.69) is 15.3 Å². The van der Waals surface area contributed by atoms with Crippen molar-refractivity contribution >= 4 is 50.7 Å². The first-order valence-corrected chi connectivity index (χ1v) is 9.27. The average Bonchev–Trinajstić information content (AvgIpc) is 2.82. The van der Waals surface area contributed by atoms with Crippen LogP contribution in [0, 0.1) is 20.8 Å². The molecule has 3 rings (SSSR count). The van der Waals surface area contributed by atoms with Crippen LogP contribution in [-0.4, -0.2) is 21.6 Å². The van der Waals surface area contributed by atoms with Gasteiger partial charge in [-0.1, -0.05) is 30.0 Å². The van der Waals surface area contributed by atoms with E-state index in [4.69, 9.17) is 5.73 Å². The first-order valence-electron chi connectivity index (χ1n) is 7.47. The second kappa shape index (κ2) is 6.78. The number of thiophene rings is 1. The Morgan fingerprint density at radius 2 is 2.00 bits per heavy atom. The summed E-state index contributed by atoms with van der Waals surface area (Å²) in [5.41, 5.74) is 9.04. The van der Waals surface area contributed by atoms with Gasteiger partial charge in [-0.2, -0.15) is 0 Å². The van der Waals surface area contributed by atoms with Crippen molar-refractivity contribution in [1.82, 2.24) is 9.97 Å². The zero-order valence-corrected chi connectivity index (χ0v) is 15.3. The second-order valence-corrected chi connectivity index (χ2v) is 7.65. The topological polar surface area (TPSA) is 80.9 Å².